The molecule has 0 atom stereocenters. The van der Waals surface area contributed by atoms with Crippen LogP contribution in [0.1, 0.15) is 50.5 Å². The van der Waals surface area contributed by atoms with E-state index in [2.05, 4.69) is 15.2 Å². The molecule has 1 N–H and O–H groups in total. The molecule has 3 aromatic rings. The first-order valence-corrected chi connectivity index (χ1v) is 9.71. The van der Waals surface area contributed by atoms with Crippen molar-refractivity contribution < 1.29 is 18.7 Å². The van der Waals surface area contributed by atoms with Crippen LogP contribution in [0.15, 0.2) is 33.9 Å². The van der Waals surface area contributed by atoms with E-state index in [9.17, 15) is 9.59 Å². The first-order chi connectivity index (χ1) is 13.3. The fourth-order valence-electron chi connectivity index (χ4n) is 2.96. The number of aromatic nitrogens is 3. The Balaban J connectivity index is 1.58. The van der Waals surface area contributed by atoms with E-state index in [1.165, 1.54) is 6.92 Å². The van der Waals surface area contributed by atoms with Crippen molar-refractivity contribution in [1.82, 2.24) is 15.2 Å². The Morgan fingerprint density at radius 1 is 1.21 bits per heavy atom. The Kier molecular flexibility index (Phi) is 5.99. The van der Waals surface area contributed by atoms with Crippen LogP contribution in [0.25, 0.3) is 0 Å². The molecule has 8 heteroatoms. The van der Waals surface area contributed by atoms with Crippen LogP contribution in [0.4, 0.5) is 0 Å². The lowest BCUT2D eigenvalue weighted by molar-refractivity contribution is 0.101. The normalized spacial score (nSPS) is 10.9. The van der Waals surface area contributed by atoms with E-state index in [4.69, 9.17) is 9.15 Å². The van der Waals surface area contributed by atoms with E-state index in [0.717, 1.165) is 23.1 Å². The summed E-state index contributed by atoms with van der Waals surface area (Å²) in [6, 6.07) is 7.67. The molecule has 0 saturated carbocycles. The van der Waals surface area contributed by atoms with Crippen LogP contribution >= 0.6 is 11.8 Å². The number of carbonyl (C=O) groups excluding carboxylic acids is 2. The van der Waals surface area contributed by atoms with E-state index >= 15 is 0 Å². The van der Waals surface area contributed by atoms with Gasteiger partial charge in [-0.2, -0.15) is 0 Å². The van der Waals surface area contributed by atoms with Gasteiger partial charge in [0.15, 0.2) is 18.2 Å². The summed E-state index contributed by atoms with van der Waals surface area (Å²) in [4.78, 5) is 27.2. The standard InChI is InChI=1S/C20H21N3O4S/c1-11-6-5-7-15(8-11)26-9-17-22-23-20(27-17)28-10-16(25)19-12(2)18(14(4)24)13(3)21-19/h5-8,21H,9-10H2,1-4H3. The van der Waals surface area contributed by atoms with E-state index in [1.807, 2.05) is 31.2 Å². The molecule has 0 unspecified atom stereocenters. The fraction of sp³-hybridized carbons (Fsp3) is 0.300. The summed E-state index contributed by atoms with van der Waals surface area (Å²) < 4.78 is 11.1. The molecular formula is C20H21N3O4S. The average Bonchev–Trinajstić information content (AvgIpc) is 3.22. The van der Waals surface area contributed by atoms with Gasteiger partial charge in [-0.25, -0.2) is 0 Å². The van der Waals surface area contributed by atoms with Crippen molar-refractivity contribution in [3.8, 4) is 5.75 Å². The number of hydrogen-bond donors (Lipinski definition) is 1. The number of aryl methyl sites for hydroxylation is 2. The van der Waals surface area contributed by atoms with Crippen molar-refractivity contribution in [2.24, 2.45) is 0 Å². The maximum atomic E-state index is 12.5. The largest absolute Gasteiger partial charge is 0.484 e. The van der Waals surface area contributed by atoms with Crippen LogP contribution in [-0.2, 0) is 6.61 Å². The third-order valence-corrected chi connectivity index (χ3v) is 5.01. The number of rotatable bonds is 8. The minimum absolute atomic E-state index is 0.0619. The molecule has 7 nitrogen and oxygen atoms in total. The second kappa shape index (κ2) is 8.43. The van der Waals surface area contributed by atoms with Gasteiger partial charge < -0.3 is 14.1 Å². The number of Topliss-reactive ketones (excluding diaryl/α,β-unsaturated/α-hetero) is 2. The molecule has 0 bridgehead atoms. The molecule has 0 aliphatic rings. The second-order valence-corrected chi connectivity index (χ2v) is 7.39. The van der Waals surface area contributed by atoms with Crippen LogP contribution in [0.3, 0.4) is 0 Å². The van der Waals surface area contributed by atoms with Crippen LogP contribution < -0.4 is 4.74 Å². The Bertz CT molecular complexity index is 1020. The van der Waals surface area contributed by atoms with Crippen molar-refractivity contribution >= 4 is 23.3 Å². The highest BCUT2D eigenvalue weighted by Crippen LogP contribution is 2.23. The molecule has 1 aromatic carbocycles. The van der Waals surface area contributed by atoms with E-state index in [-0.39, 0.29) is 23.9 Å². The van der Waals surface area contributed by atoms with Gasteiger partial charge in [0.05, 0.1) is 11.4 Å². The highest BCUT2D eigenvalue weighted by molar-refractivity contribution is 7.99. The minimum atomic E-state index is -0.131. The van der Waals surface area contributed by atoms with Gasteiger partial charge >= 0.3 is 0 Å². The lowest BCUT2D eigenvalue weighted by Gasteiger charge is -2.03. The summed E-state index contributed by atoms with van der Waals surface area (Å²) >= 11 is 1.15. The summed E-state index contributed by atoms with van der Waals surface area (Å²) in [7, 11) is 0. The number of ether oxygens (including phenoxy) is 1. The molecular weight excluding hydrogens is 378 g/mol. The van der Waals surface area contributed by atoms with Gasteiger partial charge in [-0.05, 0) is 51.0 Å². The molecule has 0 saturated heterocycles. The molecule has 0 spiro atoms. The quantitative estimate of drug-likeness (QED) is 0.450. The third kappa shape index (κ3) is 4.51. The Hall–Kier alpha value is -2.87. The van der Waals surface area contributed by atoms with Crippen LogP contribution in [0, 0.1) is 20.8 Å². The monoisotopic (exact) mass is 399 g/mol. The molecule has 2 aromatic heterocycles. The van der Waals surface area contributed by atoms with Gasteiger partial charge in [0.2, 0.25) is 0 Å². The van der Waals surface area contributed by atoms with Gasteiger partial charge in [-0.15, -0.1) is 10.2 Å². The molecule has 0 aliphatic carbocycles. The highest BCUT2D eigenvalue weighted by atomic mass is 32.2. The number of nitrogens with zero attached hydrogens (tertiary/aromatic N) is 2. The van der Waals surface area contributed by atoms with Gasteiger partial charge in [-0.3, -0.25) is 9.59 Å². The zero-order valence-electron chi connectivity index (χ0n) is 16.2. The zero-order valence-corrected chi connectivity index (χ0v) is 17.0. The molecule has 0 aliphatic heterocycles. The summed E-state index contributed by atoms with van der Waals surface area (Å²) in [5.74, 6) is 0.990. The highest BCUT2D eigenvalue weighted by Gasteiger charge is 2.20. The SMILES string of the molecule is CC(=O)c1c(C)[nH]c(C(=O)CSc2nnc(COc3cccc(C)c3)o2)c1C. The first kappa shape index (κ1) is 19.9. The fourth-order valence-corrected chi connectivity index (χ4v) is 3.61. The van der Waals surface area contributed by atoms with Gasteiger partial charge in [0.25, 0.3) is 11.1 Å². The number of H-pyrrole nitrogens is 1. The number of thioether (sulfide) groups is 1. The van der Waals surface area contributed by atoms with Crippen LogP contribution in [0.2, 0.25) is 0 Å². The van der Waals surface area contributed by atoms with Gasteiger partial charge in [-0.1, -0.05) is 23.9 Å². The van der Waals surface area contributed by atoms with Crippen molar-refractivity contribution in [2.75, 3.05) is 5.75 Å². The molecule has 0 fully saturated rings. The lowest BCUT2D eigenvalue weighted by Crippen LogP contribution is -2.05. The van der Waals surface area contributed by atoms with Crippen molar-refractivity contribution in [3.05, 3.63) is 58.2 Å². The maximum absolute atomic E-state index is 12.5. The summed E-state index contributed by atoms with van der Waals surface area (Å²) in [5, 5.41) is 8.17. The molecule has 146 valence electrons. The molecule has 3 rings (SSSR count). The Morgan fingerprint density at radius 2 is 2.00 bits per heavy atom. The van der Waals surface area contributed by atoms with E-state index in [0.29, 0.717) is 33.6 Å². The zero-order chi connectivity index (χ0) is 20.3. The van der Waals surface area contributed by atoms with Crippen molar-refractivity contribution in [2.45, 2.75) is 39.5 Å². The Morgan fingerprint density at radius 3 is 2.68 bits per heavy atom. The second-order valence-electron chi connectivity index (χ2n) is 6.46. The summed E-state index contributed by atoms with van der Waals surface area (Å²) in [5.41, 5.74) is 3.49. The number of benzene rings is 1. The molecule has 2 heterocycles. The van der Waals surface area contributed by atoms with Gasteiger partial charge in [0, 0.05) is 11.3 Å². The number of ketones is 2. The van der Waals surface area contributed by atoms with E-state index in [1.54, 1.807) is 13.8 Å². The third-order valence-electron chi connectivity index (χ3n) is 4.20. The number of aromatic amines is 1. The average molecular weight is 399 g/mol. The molecule has 0 amide bonds. The van der Waals surface area contributed by atoms with Crippen molar-refractivity contribution in [3.63, 3.8) is 0 Å². The topological polar surface area (TPSA) is 98.1 Å². The number of carbonyl (C=O) groups is 2. The molecule has 0 radical (unpaired) electrons. The van der Waals surface area contributed by atoms with Gasteiger partial charge in [0.1, 0.15) is 5.75 Å². The predicted octanol–water partition coefficient (Wildman–Crippen LogP) is 4.08. The number of nitrogens with one attached hydrogen (secondary N) is 1. The lowest BCUT2D eigenvalue weighted by atomic mass is 10.1. The predicted molar refractivity (Wildman–Crippen MR) is 105 cm³/mol. The van der Waals surface area contributed by atoms with Crippen molar-refractivity contribution in [1.29, 1.82) is 0 Å². The molecule has 28 heavy (non-hydrogen) atoms. The number of hydrogen-bond acceptors (Lipinski definition) is 7. The summed E-state index contributed by atoms with van der Waals surface area (Å²) in [6.07, 6.45) is 0. The smallest absolute Gasteiger partial charge is 0.277 e. The Labute approximate surface area is 166 Å². The summed E-state index contributed by atoms with van der Waals surface area (Å²) in [6.45, 7) is 7.18. The first-order valence-electron chi connectivity index (χ1n) is 8.73. The van der Waals surface area contributed by atoms with E-state index < -0.39 is 0 Å². The van der Waals surface area contributed by atoms with Crippen LogP contribution in [0.5, 0.6) is 5.75 Å². The maximum Gasteiger partial charge on any atom is 0.277 e. The minimum Gasteiger partial charge on any atom is -0.484 e. The van der Waals surface area contributed by atoms with Crippen LogP contribution in [-0.4, -0.2) is 32.5 Å².